The second-order valence-electron chi connectivity index (χ2n) is 6.78. The molecule has 1 amide bonds. The zero-order valence-electron chi connectivity index (χ0n) is 14.0. The molecule has 25 heavy (non-hydrogen) atoms. The molecule has 1 fully saturated rings. The third kappa shape index (κ3) is 2.28. The molecule has 0 radical (unpaired) electrons. The first-order valence-electron chi connectivity index (χ1n) is 8.17. The van der Waals surface area contributed by atoms with Gasteiger partial charge in [0.1, 0.15) is 5.82 Å². The lowest BCUT2D eigenvalue weighted by Crippen LogP contribution is -2.37. The van der Waals surface area contributed by atoms with Crippen molar-refractivity contribution in [2.75, 3.05) is 6.54 Å². The molecule has 128 valence electrons. The van der Waals surface area contributed by atoms with Gasteiger partial charge in [-0.15, -0.1) is 0 Å². The van der Waals surface area contributed by atoms with Gasteiger partial charge in [-0.3, -0.25) is 9.59 Å². The molecule has 0 aliphatic carbocycles. The van der Waals surface area contributed by atoms with Gasteiger partial charge < -0.3 is 14.9 Å². The number of pyridine rings is 1. The van der Waals surface area contributed by atoms with Gasteiger partial charge >= 0.3 is 0 Å². The van der Waals surface area contributed by atoms with Gasteiger partial charge in [0.05, 0.1) is 10.9 Å². The minimum atomic E-state index is -0.819. The monoisotopic (exact) mass is 339 g/mol. The Morgan fingerprint density at radius 3 is 2.68 bits per heavy atom. The molecule has 3 aromatic rings. The first kappa shape index (κ1) is 15.6. The number of carbonyl (C=O) groups is 1. The van der Waals surface area contributed by atoms with E-state index < -0.39 is 5.41 Å². The number of aromatic amines is 1. The average Bonchev–Trinajstić information content (AvgIpc) is 3.11. The third-order valence-electron chi connectivity index (χ3n) is 5.15. The molecule has 2 aromatic heterocycles. The summed E-state index contributed by atoms with van der Waals surface area (Å²) in [5.41, 5.74) is 0.957. The van der Waals surface area contributed by atoms with Gasteiger partial charge in [0.15, 0.2) is 0 Å². The van der Waals surface area contributed by atoms with E-state index >= 15 is 0 Å². The van der Waals surface area contributed by atoms with Gasteiger partial charge in [-0.05, 0) is 37.6 Å². The molecule has 0 saturated carbocycles. The van der Waals surface area contributed by atoms with E-state index in [1.807, 2.05) is 12.1 Å². The van der Waals surface area contributed by atoms with Crippen LogP contribution in [0.25, 0.3) is 22.2 Å². The number of rotatable bonds is 2. The highest BCUT2D eigenvalue weighted by Gasteiger charge is 2.41. The highest BCUT2D eigenvalue weighted by atomic mass is 19.1. The summed E-state index contributed by atoms with van der Waals surface area (Å²) in [7, 11) is 1.79. The van der Waals surface area contributed by atoms with Crippen LogP contribution in [-0.2, 0) is 17.3 Å². The Labute approximate surface area is 143 Å². The quantitative estimate of drug-likeness (QED) is 0.753. The van der Waals surface area contributed by atoms with Crippen LogP contribution in [0.5, 0.6) is 0 Å². The van der Waals surface area contributed by atoms with Crippen molar-refractivity contribution in [3.63, 3.8) is 0 Å². The largest absolute Gasteiger partial charge is 0.355 e. The zero-order chi connectivity index (χ0) is 17.8. The second-order valence-corrected chi connectivity index (χ2v) is 6.78. The molecule has 1 aromatic carbocycles. The Bertz CT molecular complexity index is 1070. The summed E-state index contributed by atoms with van der Waals surface area (Å²) >= 11 is 0. The minimum Gasteiger partial charge on any atom is -0.355 e. The van der Waals surface area contributed by atoms with Crippen LogP contribution in [-0.4, -0.2) is 22.0 Å². The standard InChI is InChI=1S/C19H18FN3O2/c1-19(6-7-21-18(19)25)13-3-4-15(22-17(13)24)12-9-11-5-8-23(2)16(11)14(20)10-12/h3-5,8-10H,6-7H2,1-2H3,(H,21,25)(H,22,24). The van der Waals surface area contributed by atoms with Gasteiger partial charge in [0, 0.05) is 42.0 Å². The van der Waals surface area contributed by atoms with E-state index in [1.54, 1.807) is 36.9 Å². The summed E-state index contributed by atoms with van der Waals surface area (Å²) in [4.78, 5) is 27.5. The second kappa shape index (κ2) is 5.31. The summed E-state index contributed by atoms with van der Waals surface area (Å²) in [6.07, 6.45) is 2.38. The van der Waals surface area contributed by atoms with E-state index in [9.17, 15) is 14.0 Å². The van der Waals surface area contributed by atoms with Crippen molar-refractivity contribution < 1.29 is 9.18 Å². The Balaban J connectivity index is 1.82. The molecule has 1 unspecified atom stereocenters. The smallest absolute Gasteiger partial charge is 0.252 e. The number of nitrogens with one attached hydrogen (secondary N) is 2. The third-order valence-corrected chi connectivity index (χ3v) is 5.15. The normalized spacial score (nSPS) is 20.2. The minimum absolute atomic E-state index is 0.137. The summed E-state index contributed by atoms with van der Waals surface area (Å²) in [5, 5.41) is 3.54. The van der Waals surface area contributed by atoms with Crippen LogP contribution in [0.4, 0.5) is 4.39 Å². The predicted molar refractivity (Wildman–Crippen MR) is 93.9 cm³/mol. The highest BCUT2D eigenvalue weighted by molar-refractivity contribution is 5.90. The Morgan fingerprint density at radius 1 is 1.20 bits per heavy atom. The predicted octanol–water partition coefficient (Wildman–Crippen LogP) is 2.45. The van der Waals surface area contributed by atoms with Crippen LogP contribution >= 0.6 is 0 Å². The van der Waals surface area contributed by atoms with E-state index in [4.69, 9.17) is 0 Å². The lowest BCUT2D eigenvalue weighted by atomic mass is 9.81. The number of fused-ring (bicyclic) bond motifs is 1. The van der Waals surface area contributed by atoms with Crippen LogP contribution in [0.3, 0.4) is 0 Å². The maximum Gasteiger partial charge on any atom is 0.252 e. The Morgan fingerprint density at radius 2 is 2.00 bits per heavy atom. The van der Waals surface area contributed by atoms with Gasteiger partial charge in [0.2, 0.25) is 5.91 Å². The summed E-state index contributed by atoms with van der Waals surface area (Å²) < 4.78 is 16.1. The highest BCUT2D eigenvalue weighted by Crippen LogP contribution is 2.30. The van der Waals surface area contributed by atoms with Gasteiger partial charge in [-0.1, -0.05) is 6.07 Å². The SMILES string of the molecule is Cn1ccc2cc(-c3ccc(C4(C)CCNC4=O)c(=O)[nH]3)cc(F)c21. The fourth-order valence-corrected chi connectivity index (χ4v) is 3.61. The average molecular weight is 339 g/mol. The van der Waals surface area contributed by atoms with Crippen LogP contribution in [0.2, 0.25) is 0 Å². The summed E-state index contributed by atoms with van der Waals surface area (Å²) in [6.45, 7) is 2.34. The fourth-order valence-electron chi connectivity index (χ4n) is 3.61. The molecule has 3 heterocycles. The number of amides is 1. The molecule has 1 aliphatic rings. The topological polar surface area (TPSA) is 66.9 Å². The van der Waals surface area contributed by atoms with Crippen molar-refractivity contribution in [3.8, 4) is 11.3 Å². The molecular formula is C19H18FN3O2. The Hall–Kier alpha value is -2.89. The maximum absolute atomic E-state index is 14.4. The maximum atomic E-state index is 14.4. The van der Waals surface area contributed by atoms with Crippen molar-refractivity contribution >= 4 is 16.8 Å². The molecule has 2 N–H and O–H groups in total. The molecular weight excluding hydrogens is 321 g/mol. The van der Waals surface area contributed by atoms with Gasteiger partial charge in [0.25, 0.3) is 5.56 Å². The van der Waals surface area contributed by atoms with Crippen LogP contribution in [0, 0.1) is 5.82 Å². The number of aryl methyl sites for hydroxylation is 1. The first-order chi connectivity index (χ1) is 11.9. The van der Waals surface area contributed by atoms with E-state index in [0.717, 1.165) is 5.39 Å². The molecule has 5 nitrogen and oxygen atoms in total. The zero-order valence-corrected chi connectivity index (χ0v) is 14.0. The summed E-state index contributed by atoms with van der Waals surface area (Å²) in [5.74, 6) is -0.477. The lowest BCUT2D eigenvalue weighted by molar-refractivity contribution is -0.123. The molecule has 0 spiro atoms. The molecule has 6 heteroatoms. The van der Waals surface area contributed by atoms with Gasteiger partial charge in [-0.25, -0.2) is 4.39 Å². The van der Waals surface area contributed by atoms with Crippen molar-refractivity contribution in [2.24, 2.45) is 7.05 Å². The number of hydrogen-bond donors (Lipinski definition) is 2. The molecule has 1 atom stereocenters. The van der Waals surface area contributed by atoms with Crippen molar-refractivity contribution in [3.05, 3.63) is 58.3 Å². The van der Waals surface area contributed by atoms with E-state index in [-0.39, 0.29) is 17.3 Å². The molecule has 0 bridgehead atoms. The number of H-pyrrole nitrogens is 1. The summed E-state index contributed by atoms with van der Waals surface area (Å²) in [6, 6.07) is 8.49. The van der Waals surface area contributed by atoms with E-state index in [1.165, 1.54) is 6.07 Å². The van der Waals surface area contributed by atoms with Crippen LogP contribution in [0.15, 0.2) is 41.3 Å². The molecule has 1 saturated heterocycles. The number of benzene rings is 1. The lowest BCUT2D eigenvalue weighted by Gasteiger charge is -2.20. The number of halogens is 1. The first-order valence-corrected chi connectivity index (χ1v) is 8.17. The van der Waals surface area contributed by atoms with Crippen LogP contribution < -0.4 is 10.9 Å². The molecule has 4 rings (SSSR count). The number of hydrogen-bond acceptors (Lipinski definition) is 2. The number of nitrogens with zero attached hydrogens (tertiary/aromatic N) is 1. The Kier molecular flexibility index (Phi) is 3.32. The van der Waals surface area contributed by atoms with Crippen molar-refractivity contribution in [2.45, 2.75) is 18.8 Å². The van der Waals surface area contributed by atoms with Crippen molar-refractivity contribution in [1.82, 2.24) is 14.9 Å². The fraction of sp³-hybridized carbons (Fsp3) is 0.263. The van der Waals surface area contributed by atoms with Crippen molar-refractivity contribution in [1.29, 1.82) is 0 Å². The molecule has 1 aliphatic heterocycles. The van der Waals surface area contributed by atoms with Crippen LogP contribution in [0.1, 0.15) is 18.9 Å². The van der Waals surface area contributed by atoms with E-state index in [0.29, 0.717) is 35.3 Å². The van der Waals surface area contributed by atoms with Gasteiger partial charge in [-0.2, -0.15) is 0 Å². The number of carbonyl (C=O) groups excluding carboxylic acids is 1. The number of aromatic nitrogens is 2. The van der Waals surface area contributed by atoms with E-state index in [2.05, 4.69) is 10.3 Å².